The van der Waals surface area contributed by atoms with Crippen molar-refractivity contribution >= 4 is 6.02 Å². The van der Waals surface area contributed by atoms with Crippen molar-refractivity contribution < 1.29 is 4.74 Å². The Morgan fingerprint density at radius 1 is 1.15 bits per heavy atom. The largest absolute Gasteiger partial charge is 0.459 e. The van der Waals surface area contributed by atoms with Gasteiger partial charge in [-0.3, -0.25) is 4.98 Å². The second kappa shape index (κ2) is 6.42. The lowest BCUT2D eigenvalue weighted by Gasteiger charge is -2.49. The summed E-state index contributed by atoms with van der Waals surface area (Å²) >= 11 is 0. The predicted octanol–water partition coefficient (Wildman–Crippen LogP) is 4.30. The minimum Gasteiger partial charge on any atom is -0.459 e. The number of amidine groups is 1. The van der Waals surface area contributed by atoms with E-state index in [0.29, 0.717) is 6.02 Å². The van der Waals surface area contributed by atoms with E-state index in [-0.39, 0.29) is 11.1 Å². The molecule has 1 aromatic carbocycles. The summed E-state index contributed by atoms with van der Waals surface area (Å²) in [6, 6.07) is 8.91. The number of aryl methyl sites for hydroxylation is 1. The van der Waals surface area contributed by atoms with Crippen molar-refractivity contribution in [2.75, 3.05) is 0 Å². The van der Waals surface area contributed by atoms with Crippen LogP contribution in [0.4, 0.5) is 0 Å². The molecule has 2 aliphatic rings. The normalized spacial score (nSPS) is 22.9. The molecule has 1 aliphatic carbocycles. The molecule has 1 spiro atoms. The van der Waals surface area contributed by atoms with E-state index in [2.05, 4.69) is 54.9 Å². The van der Waals surface area contributed by atoms with Crippen molar-refractivity contribution in [2.24, 2.45) is 10.7 Å². The molecule has 1 aliphatic heterocycles. The third-order valence-corrected chi connectivity index (χ3v) is 5.77. The molecular formula is C23H25N3O. The Labute approximate surface area is 160 Å². The van der Waals surface area contributed by atoms with Gasteiger partial charge < -0.3 is 10.5 Å². The summed E-state index contributed by atoms with van der Waals surface area (Å²) in [6.45, 7) is 6.14. The molecule has 1 atom stereocenters. The summed E-state index contributed by atoms with van der Waals surface area (Å²) in [5, 5.41) is 0. The molecule has 4 rings (SSSR count). The topological polar surface area (TPSA) is 60.5 Å². The maximum atomic E-state index is 6.09. The minimum absolute atomic E-state index is 0.138. The first-order chi connectivity index (χ1) is 12.9. The molecule has 2 aromatic rings. The zero-order valence-electron chi connectivity index (χ0n) is 16.2. The Bertz CT molecular complexity index is 979. The van der Waals surface area contributed by atoms with E-state index in [4.69, 9.17) is 15.5 Å². The van der Waals surface area contributed by atoms with Crippen LogP contribution in [0.2, 0.25) is 0 Å². The van der Waals surface area contributed by atoms with Gasteiger partial charge >= 0.3 is 0 Å². The van der Waals surface area contributed by atoms with Crippen LogP contribution >= 0.6 is 0 Å². The van der Waals surface area contributed by atoms with E-state index in [1.807, 2.05) is 13.1 Å². The van der Waals surface area contributed by atoms with E-state index >= 15 is 0 Å². The molecular weight excluding hydrogens is 334 g/mol. The Morgan fingerprint density at radius 3 is 2.67 bits per heavy atom. The number of rotatable bonds is 2. The molecule has 0 radical (unpaired) electrons. The van der Waals surface area contributed by atoms with Crippen LogP contribution in [0.1, 0.15) is 56.2 Å². The summed E-state index contributed by atoms with van der Waals surface area (Å²) in [6.07, 6.45) is 7.84. The molecule has 1 fully saturated rings. The van der Waals surface area contributed by atoms with Gasteiger partial charge in [0.15, 0.2) is 0 Å². The lowest BCUT2D eigenvalue weighted by atomic mass is 9.69. The fraction of sp³-hybridized carbons (Fsp3) is 0.391. The van der Waals surface area contributed by atoms with Crippen LogP contribution in [0.15, 0.2) is 41.7 Å². The van der Waals surface area contributed by atoms with Crippen LogP contribution in [-0.4, -0.2) is 16.6 Å². The molecule has 2 heterocycles. The number of benzene rings is 1. The van der Waals surface area contributed by atoms with Crippen LogP contribution < -0.4 is 5.73 Å². The highest BCUT2D eigenvalue weighted by Gasteiger charge is 2.49. The van der Waals surface area contributed by atoms with E-state index in [0.717, 1.165) is 36.0 Å². The summed E-state index contributed by atoms with van der Waals surface area (Å²) < 4.78 is 5.93. The number of pyridine rings is 1. The number of aromatic nitrogens is 1. The highest BCUT2D eigenvalue weighted by molar-refractivity contribution is 5.74. The third kappa shape index (κ3) is 3.19. The van der Waals surface area contributed by atoms with Crippen molar-refractivity contribution in [3.8, 4) is 23.0 Å². The Kier molecular flexibility index (Phi) is 4.19. The van der Waals surface area contributed by atoms with Gasteiger partial charge in [-0.2, -0.15) is 0 Å². The number of ether oxygens (including phenoxy) is 1. The van der Waals surface area contributed by atoms with Crippen molar-refractivity contribution in [1.82, 2.24) is 4.98 Å². The van der Waals surface area contributed by atoms with Gasteiger partial charge in [-0.1, -0.05) is 18.1 Å². The predicted molar refractivity (Wildman–Crippen MR) is 108 cm³/mol. The number of hydrogen-bond donors (Lipinski definition) is 1. The van der Waals surface area contributed by atoms with Gasteiger partial charge in [-0.05, 0) is 68.9 Å². The van der Waals surface area contributed by atoms with E-state index < -0.39 is 0 Å². The Hall–Kier alpha value is -2.80. The standard InChI is InChI=1S/C23H25N3O/c1-4-6-17-11-19(14-25-13-17)18-8-7-16(2)20(12-18)22(3)15-23(9-5-10-23)27-21(24)26-22/h7-8,11-14H,5,9-10,15H2,1-3H3,(H2,24,26)/t22-/m0/s1. The third-order valence-electron chi connectivity index (χ3n) is 5.77. The average Bonchev–Trinajstić information content (AvgIpc) is 2.60. The van der Waals surface area contributed by atoms with Gasteiger partial charge in [-0.25, -0.2) is 4.99 Å². The van der Waals surface area contributed by atoms with Crippen molar-refractivity contribution in [1.29, 1.82) is 0 Å². The average molecular weight is 359 g/mol. The van der Waals surface area contributed by atoms with Crippen LogP contribution in [0.25, 0.3) is 11.1 Å². The number of nitrogens with two attached hydrogens (primary N) is 1. The quantitative estimate of drug-likeness (QED) is 0.813. The molecule has 1 saturated carbocycles. The van der Waals surface area contributed by atoms with E-state index in [9.17, 15) is 0 Å². The highest BCUT2D eigenvalue weighted by atomic mass is 16.5. The molecule has 0 bridgehead atoms. The van der Waals surface area contributed by atoms with Crippen LogP contribution in [-0.2, 0) is 10.3 Å². The molecule has 4 nitrogen and oxygen atoms in total. The molecule has 2 N–H and O–H groups in total. The van der Waals surface area contributed by atoms with Crippen LogP contribution in [0.3, 0.4) is 0 Å². The molecule has 27 heavy (non-hydrogen) atoms. The van der Waals surface area contributed by atoms with Gasteiger partial charge in [0, 0.05) is 29.9 Å². The van der Waals surface area contributed by atoms with Crippen LogP contribution in [0.5, 0.6) is 0 Å². The zero-order chi connectivity index (χ0) is 19.1. The zero-order valence-corrected chi connectivity index (χ0v) is 16.2. The number of nitrogens with zero attached hydrogens (tertiary/aromatic N) is 2. The Balaban J connectivity index is 1.77. The summed E-state index contributed by atoms with van der Waals surface area (Å²) in [4.78, 5) is 9.09. The highest BCUT2D eigenvalue weighted by Crippen LogP contribution is 2.49. The molecule has 1 aromatic heterocycles. The molecule has 0 amide bonds. The minimum atomic E-state index is -0.378. The monoisotopic (exact) mass is 359 g/mol. The van der Waals surface area contributed by atoms with E-state index in [1.165, 1.54) is 17.5 Å². The van der Waals surface area contributed by atoms with Crippen LogP contribution in [0, 0.1) is 18.8 Å². The van der Waals surface area contributed by atoms with E-state index in [1.54, 1.807) is 6.20 Å². The number of aliphatic imine (C=N–C) groups is 1. The first-order valence-electron chi connectivity index (χ1n) is 9.47. The van der Waals surface area contributed by atoms with Gasteiger partial charge in [0.25, 0.3) is 6.02 Å². The lowest BCUT2D eigenvalue weighted by Crippen LogP contribution is -2.52. The smallest absolute Gasteiger partial charge is 0.283 e. The maximum absolute atomic E-state index is 6.09. The lowest BCUT2D eigenvalue weighted by molar-refractivity contribution is -0.0580. The second-order valence-electron chi connectivity index (χ2n) is 7.91. The summed E-state index contributed by atoms with van der Waals surface area (Å²) in [7, 11) is 0. The van der Waals surface area contributed by atoms with Gasteiger partial charge in [0.05, 0.1) is 5.54 Å². The van der Waals surface area contributed by atoms with Gasteiger partial charge in [0.2, 0.25) is 0 Å². The molecule has 4 heteroatoms. The first kappa shape index (κ1) is 17.6. The van der Waals surface area contributed by atoms with Gasteiger partial charge in [-0.15, -0.1) is 5.92 Å². The van der Waals surface area contributed by atoms with Crippen molar-refractivity contribution in [3.63, 3.8) is 0 Å². The summed E-state index contributed by atoms with van der Waals surface area (Å²) in [5.74, 6) is 6.01. The SMILES string of the molecule is CC#Cc1cncc(-c2ccc(C)c([C@]3(C)CC4(CCC4)OC(N)=N3)c2)c1. The molecule has 138 valence electrons. The fourth-order valence-corrected chi connectivity index (χ4v) is 4.39. The maximum Gasteiger partial charge on any atom is 0.283 e. The van der Waals surface area contributed by atoms with Crippen molar-refractivity contribution in [2.45, 2.75) is 57.6 Å². The second-order valence-corrected chi connectivity index (χ2v) is 7.91. The fourth-order valence-electron chi connectivity index (χ4n) is 4.39. The Morgan fingerprint density at radius 2 is 1.96 bits per heavy atom. The number of hydrogen-bond acceptors (Lipinski definition) is 4. The first-order valence-corrected chi connectivity index (χ1v) is 9.47. The van der Waals surface area contributed by atoms with Gasteiger partial charge in [0.1, 0.15) is 5.60 Å². The molecule has 0 saturated heterocycles. The summed E-state index contributed by atoms with van der Waals surface area (Å²) in [5.41, 5.74) is 11.1. The van der Waals surface area contributed by atoms with Crippen molar-refractivity contribution in [3.05, 3.63) is 53.3 Å². The molecule has 0 unspecified atom stereocenters.